The van der Waals surface area contributed by atoms with Gasteiger partial charge in [-0.05, 0) is 42.5 Å². The van der Waals surface area contributed by atoms with Crippen LogP contribution in [0.25, 0.3) is 0 Å². The second-order valence-electron chi connectivity index (χ2n) is 5.00. The van der Waals surface area contributed by atoms with E-state index in [2.05, 4.69) is 10.3 Å². The first-order valence-corrected chi connectivity index (χ1v) is 8.75. The van der Waals surface area contributed by atoms with Crippen LogP contribution in [0.4, 0.5) is 10.1 Å². The van der Waals surface area contributed by atoms with Crippen molar-refractivity contribution in [1.29, 1.82) is 0 Å². The number of nitrogens with one attached hydrogen (secondary N) is 1. The summed E-state index contributed by atoms with van der Waals surface area (Å²) in [6.45, 7) is 0. The smallest absolute Gasteiger partial charge is 0.255 e. The molecule has 1 N–H and O–H groups in total. The molecule has 2 aromatic carbocycles. The molecule has 0 saturated heterocycles. The van der Waals surface area contributed by atoms with Gasteiger partial charge in [0.1, 0.15) is 11.0 Å². The summed E-state index contributed by atoms with van der Waals surface area (Å²) < 4.78 is 14.3. The van der Waals surface area contributed by atoms with E-state index in [9.17, 15) is 9.18 Å². The number of anilines is 1. The summed E-state index contributed by atoms with van der Waals surface area (Å²) in [7, 11) is 0. The molecule has 1 heterocycles. The van der Waals surface area contributed by atoms with Gasteiger partial charge in [0, 0.05) is 15.4 Å². The van der Waals surface area contributed by atoms with Crippen LogP contribution in [0.2, 0.25) is 10.2 Å². The highest BCUT2D eigenvalue weighted by atomic mass is 35.5. The van der Waals surface area contributed by atoms with Crippen LogP contribution in [0.3, 0.4) is 0 Å². The Kier molecular flexibility index (Phi) is 5.58. The van der Waals surface area contributed by atoms with E-state index in [-0.39, 0.29) is 5.56 Å². The predicted molar refractivity (Wildman–Crippen MR) is 99.2 cm³/mol. The molecular weight excluding hydrogens is 382 g/mol. The van der Waals surface area contributed by atoms with Crippen molar-refractivity contribution in [3.8, 4) is 0 Å². The molecule has 3 aromatic rings. The lowest BCUT2D eigenvalue weighted by Crippen LogP contribution is -2.12. The van der Waals surface area contributed by atoms with Crippen LogP contribution in [0, 0.1) is 5.82 Å². The van der Waals surface area contributed by atoms with Gasteiger partial charge in [-0.2, -0.15) is 0 Å². The van der Waals surface area contributed by atoms with Crippen LogP contribution in [-0.2, 0) is 0 Å². The third-order valence-corrected chi connectivity index (χ3v) is 5.03. The Morgan fingerprint density at radius 3 is 2.52 bits per heavy atom. The van der Waals surface area contributed by atoms with Gasteiger partial charge in [0.15, 0.2) is 0 Å². The van der Waals surface area contributed by atoms with Crippen LogP contribution in [-0.4, -0.2) is 10.9 Å². The number of hydrogen-bond donors (Lipinski definition) is 1. The molecule has 0 atom stereocenters. The second kappa shape index (κ2) is 7.87. The van der Waals surface area contributed by atoms with Gasteiger partial charge in [0.25, 0.3) is 5.91 Å². The van der Waals surface area contributed by atoms with Crippen molar-refractivity contribution in [2.45, 2.75) is 9.79 Å². The number of aromatic nitrogens is 1. The molecule has 1 amide bonds. The van der Waals surface area contributed by atoms with Crippen LogP contribution < -0.4 is 5.32 Å². The molecule has 126 valence electrons. The Bertz CT molecular complexity index is 919. The van der Waals surface area contributed by atoms with E-state index < -0.39 is 11.7 Å². The van der Waals surface area contributed by atoms with Crippen molar-refractivity contribution in [2.24, 2.45) is 0 Å². The standard InChI is InChI=1S/C18H11Cl2FN2OS/c19-13-3-1-2-4-15(13)25-16-7-5-11(9-14(16)21)18(24)23-12-6-8-17(20)22-10-12/h1-10H,(H,23,24). The number of carbonyl (C=O) groups is 1. The topological polar surface area (TPSA) is 42.0 Å². The molecule has 0 saturated carbocycles. The van der Waals surface area contributed by atoms with Crippen molar-refractivity contribution < 1.29 is 9.18 Å². The number of rotatable bonds is 4. The second-order valence-corrected chi connectivity index (χ2v) is 6.88. The number of halogens is 3. The first-order chi connectivity index (χ1) is 12.0. The largest absolute Gasteiger partial charge is 0.321 e. The highest BCUT2D eigenvalue weighted by Gasteiger charge is 2.12. The van der Waals surface area contributed by atoms with E-state index in [4.69, 9.17) is 23.2 Å². The molecular formula is C18H11Cl2FN2OS. The average molecular weight is 393 g/mol. The molecule has 0 spiro atoms. The van der Waals surface area contributed by atoms with Gasteiger partial charge in [-0.25, -0.2) is 9.37 Å². The first-order valence-electron chi connectivity index (χ1n) is 7.18. The zero-order valence-electron chi connectivity index (χ0n) is 12.7. The molecule has 25 heavy (non-hydrogen) atoms. The minimum Gasteiger partial charge on any atom is -0.321 e. The van der Waals surface area contributed by atoms with E-state index in [0.29, 0.717) is 20.8 Å². The summed E-state index contributed by atoms with van der Waals surface area (Å²) in [4.78, 5) is 17.2. The lowest BCUT2D eigenvalue weighted by atomic mass is 10.2. The molecule has 0 aliphatic heterocycles. The molecule has 0 aliphatic carbocycles. The van der Waals surface area contributed by atoms with Crippen molar-refractivity contribution in [2.75, 3.05) is 5.32 Å². The SMILES string of the molecule is O=C(Nc1ccc(Cl)nc1)c1ccc(Sc2ccccc2Cl)c(F)c1. The van der Waals surface area contributed by atoms with E-state index in [0.717, 1.165) is 4.90 Å². The fourth-order valence-corrected chi connectivity index (χ4v) is 3.23. The number of benzene rings is 2. The van der Waals surface area contributed by atoms with E-state index in [1.54, 1.807) is 36.4 Å². The van der Waals surface area contributed by atoms with Gasteiger partial charge < -0.3 is 5.32 Å². The highest BCUT2D eigenvalue weighted by Crippen LogP contribution is 2.34. The Morgan fingerprint density at radius 2 is 1.84 bits per heavy atom. The van der Waals surface area contributed by atoms with Crippen LogP contribution >= 0.6 is 35.0 Å². The minimum absolute atomic E-state index is 0.205. The zero-order valence-corrected chi connectivity index (χ0v) is 15.0. The molecule has 7 heteroatoms. The molecule has 0 unspecified atom stereocenters. The molecule has 3 nitrogen and oxygen atoms in total. The van der Waals surface area contributed by atoms with E-state index in [1.807, 2.05) is 12.1 Å². The van der Waals surface area contributed by atoms with Gasteiger partial charge in [-0.15, -0.1) is 0 Å². The fourth-order valence-electron chi connectivity index (χ4n) is 2.02. The van der Waals surface area contributed by atoms with Crippen molar-refractivity contribution in [3.63, 3.8) is 0 Å². The fraction of sp³-hybridized carbons (Fsp3) is 0. The number of nitrogens with zero attached hydrogens (tertiary/aromatic N) is 1. The Hall–Kier alpha value is -2.08. The average Bonchev–Trinajstić information content (AvgIpc) is 2.60. The summed E-state index contributed by atoms with van der Waals surface area (Å²) in [6, 6.07) is 14.7. The lowest BCUT2D eigenvalue weighted by molar-refractivity contribution is 0.102. The van der Waals surface area contributed by atoms with Gasteiger partial charge in [-0.3, -0.25) is 4.79 Å². The maximum absolute atomic E-state index is 14.3. The number of pyridine rings is 1. The van der Waals surface area contributed by atoms with Gasteiger partial charge in [-0.1, -0.05) is 47.1 Å². The summed E-state index contributed by atoms with van der Waals surface area (Å²) in [5.41, 5.74) is 0.681. The predicted octanol–water partition coefficient (Wildman–Crippen LogP) is 5.93. The minimum atomic E-state index is -0.494. The summed E-state index contributed by atoms with van der Waals surface area (Å²) >= 11 is 13.0. The number of carbonyl (C=O) groups excluding carboxylic acids is 1. The molecule has 3 rings (SSSR count). The zero-order chi connectivity index (χ0) is 17.8. The Labute approximate surface area is 158 Å². The monoisotopic (exact) mass is 392 g/mol. The normalized spacial score (nSPS) is 10.5. The van der Waals surface area contributed by atoms with Gasteiger partial charge >= 0.3 is 0 Å². The molecule has 0 fully saturated rings. The number of hydrogen-bond acceptors (Lipinski definition) is 3. The van der Waals surface area contributed by atoms with Crippen LogP contribution in [0.1, 0.15) is 10.4 Å². The molecule has 0 radical (unpaired) electrons. The van der Waals surface area contributed by atoms with Crippen molar-refractivity contribution >= 4 is 46.6 Å². The lowest BCUT2D eigenvalue weighted by Gasteiger charge is -2.08. The van der Waals surface area contributed by atoms with Crippen LogP contribution in [0.5, 0.6) is 0 Å². The number of amides is 1. The maximum atomic E-state index is 14.3. The van der Waals surface area contributed by atoms with Gasteiger partial charge in [0.2, 0.25) is 0 Å². The van der Waals surface area contributed by atoms with Gasteiger partial charge in [0.05, 0.1) is 16.9 Å². The highest BCUT2D eigenvalue weighted by molar-refractivity contribution is 7.99. The third-order valence-electron chi connectivity index (χ3n) is 3.24. The van der Waals surface area contributed by atoms with Crippen molar-refractivity contribution in [1.82, 2.24) is 4.98 Å². The quantitative estimate of drug-likeness (QED) is 0.559. The molecule has 0 aliphatic rings. The summed E-state index contributed by atoms with van der Waals surface area (Å²) in [5, 5.41) is 3.51. The summed E-state index contributed by atoms with van der Waals surface area (Å²) in [6.07, 6.45) is 1.43. The third kappa shape index (κ3) is 4.51. The first kappa shape index (κ1) is 17.7. The summed E-state index contributed by atoms with van der Waals surface area (Å²) in [5.74, 6) is -0.927. The Balaban J connectivity index is 1.76. The van der Waals surface area contributed by atoms with Crippen LogP contribution in [0.15, 0.2) is 70.6 Å². The van der Waals surface area contributed by atoms with Crippen molar-refractivity contribution in [3.05, 3.63) is 82.4 Å². The molecule has 0 bridgehead atoms. The van der Waals surface area contributed by atoms with E-state index >= 15 is 0 Å². The Morgan fingerprint density at radius 1 is 1.04 bits per heavy atom. The molecule has 1 aromatic heterocycles. The van der Waals surface area contributed by atoms with E-state index in [1.165, 1.54) is 24.0 Å². The maximum Gasteiger partial charge on any atom is 0.255 e.